The van der Waals surface area contributed by atoms with Gasteiger partial charge in [-0.05, 0) is 46.1 Å². The molecule has 0 aliphatic heterocycles. The van der Waals surface area contributed by atoms with Crippen molar-refractivity contribution in [2.45, 2.75) is 52.5 Å². The Morgan fingerprint density at radius 2 is 1.93 bits per heavy atom. The lowest BCUT2D eigenvalue weighted by Crippen LogP contribution is -2.40. The van der Waals surface area contributed by atoms with Crippen molar-refractivity contribution in [3.63, 3.8) is 0 Å². The second-order valence-corrected chi connectivity index (χ2v) is 5.02. The van der Waals surface area contributed by atoms with Crippen molar-refractivity contribution in [3.05, 3.63) is 0 Å². The van der Waals surface area contributed by atoms with Crippen molar-refractivity contribution in [2.24, 2.45) is 11.7 Å². The molecular weight excluding hydrogens is 176 g/mol. The van der Waals surface area contributed by atoms with E-state index in [-0.39, 0.29) is 11.4 Å². The van der Waals surface area contributed by atoms with Gasteiger partial charge in [0.15, 0.2) is 0 Å². The fraction of sp³-hybridized carbons (Fsp3) is 0.909. The van der Waals surface area contributed by atoms with E-state index < -0.39 is 0 Å². The van der Waals surface area contributed by atoms with E-state index in [0.717, 1.165) is 12.8 Å². The predicted molar refractivity (Wildman–Crippen MR) is 60.0 cm³/mol. The van der Waals surface area contributed by atoms with Crippen LogP contribution in [0.2, 0.25) is 0 Å². The molecule has 0 saturated carbocycles. The molecule has 0 saturated heterocycles. The highest BCUT2D eigenvalue weighted by Gasteiger charge is 2.13. The van der Waals surface area contributed by atoms with E-state index in [0.29, 0.717) is 18.9 Å². The van der Waals surface area contributed by atoms with Crippen LogP contribution < -0.4 is 11.1 Å². The minimum atomic E-state index is -0.117. The summed E-state index contributed by atoms with van der Waals surface area (Å²) in [4.78, 5) is 11.4. The van der Waals surface area contributed by atoms with E-state index >= 15 is 0 Å². The Morgan fingerprint density at radius 3 is 2.36 bits per heavy atom. The van der Waals surface area contributed by atoms with E-state index in [1.807, 2.05) is 20.8 Å². The van der Waals surface area contributed by atoms with E-state index in [4.69, 9.17) is 5.73 Å². The number of hydrogen-bond donors (Lipinski definition) is 2. The molecular formula is C11H24N2O. The molecule has 0 aliphatic carbocycles. The van der Waals surface area contributed by atoms with Crippen molar-refractivity contribution in [1.29, 1.82) is 0 Å². The van der Waals surface area contributed by atoms with Crippen molar-refractivity contribution in [3.8, 4) is 0 Å². The Labute approximate surface area is 87.4 Å². The topological polar surface area (TPSA) is 55.1 Å². The maximum Gasteiger partial charge on any atom is 0.220 e. The largest absolute Gasteiger partial charge is 0.352 e. The predicted octanol–water partition coefficient (Wildman–Crippen LogP) is 1.67. The van der Waals surface area contributed by atoms with Crippen LogP contribution >= 0.6 is 0 Å². The van der Waals surface area contributed by atoms with E-state index in [1.54, 1.807) is 0 Å². The lowest BCUT2D eigenvalue weighted by atomic mass is 10.0. The van der Waals surface area contributed by atoms with E-state index in [1.165, 1.54) is 0 Å². The van der Waals surface area contributed by atoms with E-state index in [2.05, 4.69) is 12.2 Å². The van der Waals surface area contributed by atoms with Crippen LogP contribution in [0.4, 0.5) is 0 Å². The first-order valence-corrected chi connectivity index (χ1v) is 5.36. The molecule has 0 aromatic heterocycles. The molecule has 0 radical (unpaired) electrons. The Morgan fingerprint density at radius 1 is 1.36 bits per heavy atom. The molecule has 0 heterocycles. The number of carbonyl (C=O) groups excluding carboxylic acids is 1. The van der Waals surface area contributed by atoms with Gasteiger partial charge in [-0.1, -0.05) is 6.92 Å². The first-order chi connectivity index (χ1) is 6.35. The molecule has 3 heteroatoms. The third-order valence-electron chi connectivity index (χ3n) is 2.04. The van der Waals surface area contributed by atoms with Crippen LogP contribution in [0.15, 0.2) is 0 Å². The van der Waals surface area contributed by atoms with Crippen LogP contribution in [0.5, 0.6) is 0 Å². The second-order valence-electron chi connectivity index (χ2n) is 5.02. The third kappa shape index (κ3) is 8.05. The van der Waals surface area contributed by atoms with Crippen LogP contribution in [0.1, 0.15) is 47.0 Å². The number of hydrogen-bond acceptors (Lipinski definition) is 2. The zero-order valence-corrected chi connectivity index (χ0v) is 9.89. The third-order valence-corrected chi connectivity index (χ3v) is 2.04. The number of rotatable bonds is 5. The Bertz CT molecular complexity index is 173. The number of nitrogens with two attached hydrogens (primary N) is 1. The molecule has 0 rings (SSSR count). The van der Waals surface area contributed by atoms with Gasteiger partial charge in [-0.15, -0.1) is 0 Å². The Hall–Kier alpha value is -0.570. The normalized spacial score (nSPS) is 13.8. The molecule has 0 bridgehead atoms. The number of carbonyl (C=O) groups is 1. The molecule has 0 aromatic carbocycles. The van der Waals surface area contributed by atoms with Crippen molar-refractivity contribution in [1.82, 2.24) is 5.32 Å². The summed E-state index contributed by atoms with van der Waals surface area (Å²) in [6.07, 6.45) is 2.54. The highest BCUT2D eigenvalue weighted by molar-refractivity contribution is 5.76. The fourth-order valence-corrected chi connectivity index (χ4v) is 1.29. The standard InChI is InChI=1S/C11H24N2O/c1-9(7-8-12)5-6-10(14)13-11(2,3)4/h9H,5-8,12H2,1-4H3,(H,13,14). The molecule has 84 valence electrons. The van der Waals surface area contributed by atoms with Crippen LogP contribution in [-0.4, -0.2) is 18.0 Å². The zero-order chi connectivity index (χ0) is 11.2. The second kappa shape index (κ2) is 6.02. The first-order valence-electron chi connectivity index (χ1n) is 5.36. The molecule has 1 unspecified atom stereocenters. The summed E-state index contributed by atoms with van der Waals surface area (Å²) in [7, 11) is 0. The average molecular weight is 200 g/mol. The maximum absolute atomic E-state index is 11.4. The summed E-state index contributed by atoms with van der Waals surface area (Å²) in [5.74, 6) is 0.687. The van der Waals surface area contributed by atoms with Gasteiger partial charge >= 0.3 is 0 Å². The molecule has 1 atom stereocenters. The highest BCUT2D eigenvalue weighted by Crippen LogP contribution is 2.09. The summed E-state index contributed by atoms with van der Waals surface area (Å²) in [6, 6.07) is 0. The minimum Gasteiger partial charge on any atom is -0.352 e. The van der Waals surface area contributed by atoms with Crippen LogP contribution in [0.25, 0.3) is 0 Å². The Kier molecular flexibility index (Phi) is 5.77. The zero-order valence-electron chi connectivity index (χ0n) is 9.89. The summed E-state index contributed by atoms with van der Waals surface area (Å²) in [6.45, 7) is 8.83. The van der Waals surface area contributed by atoms with Crippen molar-refractivity contribution < 1.29 is 4.79 Å². The SMILES string of the molecule is CC(CCN)CCC(=O)NC(C)(C)C. The summed E-state index contributed by atoms with van der Waals surface area (Å²) in [5, 5.41) is 2.95. The molecule has 3 nitrogen and oxygen atoms in total. The van der Waals surface area contributed by atoms with Gasteiger partial charge in [0.2, 0.25) is 5.91 Å². The van der Waals surface area contributed by atoms with Gasteiger partial charge in [-0.25, -0.2) is 0 Å². The van der Waals surface area contributed by atoms with Gasteiger partial charge in [-0.2, -0.15) is 0 Å². The summed E-state index contributed by atoms with van der Waals surface area (Å²) >= 11 is 0. The molecule has 1 amide bonds. The molecule has 14 heavy (non-hydrogen) atoms. The van der Waals surface area contributed by atoms with Crippen LogP contribution in [-0.2, 0) is 4.79 Å². The van der Waals surface area contributed by atoms with Gasteiger partial charge in [0.25, 0.3) is 0 Å². The first kappa shape index (κ1) is 13.4. The van der Waals surface area contributed by atoms with Crippen LogP contribution in [0.3, 0.4) is 0 Å². The molecule has 0 fully saturated rings. The lowest BCUT2D eigenvalue weighted by Gasteiger charge is -2.21. The average Bonchev–Trinajstić information content (AvgIpc) is 1.98. The van der Waals surface area contributed by atoms with E-state index in [9.17, 15) is 4.79 Å². The molecule has 3 N–H and O–H groups in total. The quantitative estimate of drug-likeness (QED) is 0.709. The summed E-state index contributed by atoms with van der Waals surface area (Å²) < 4.78 is 0. The number of amides is 1. The maximum atomic E-state index is 11.4. The summed E-state index contributed by atoms with van der Waals surface area (Å²) in [5.41, 5.74) is 5.32. The smallest absolute Gasteiger partial charge is 0.220 e. The van der Waals surface area contributed by atoms with Gasteiger partial charge in [-0.3, -0.25) is 4.79 Å². The van der Waals surface area contributed by atoms with Crippen molar-refractivity contribution >= 4 is 5.91 Å². The van der Waals surface area contributed by atoms with Gasteiger partial charge in [0, 0.05) is 12.0 Å². The fourth-order valence-electron chi connectivity index (χ4n) is 1.29. The Balaban J connectivity index is 3.64. The molecule has 0 spiro atoms. The van der Waals surface area contributed by atoms with Gasteiger partial charge in [0.1, 0.15) is 0 Å². The van der Waals surface area contributed by atoms with Crippen LogP contribution in [0, 0.1) is 5.92 Å². The molecule has 0 aliphatic rings. The minimum absolute atomic E-state index is 0.117. The molecule has 0 aromatic rings. The van der Waals surface area contributed by atoms with Crippen molar-refractivity contribution in [2.75, 3.05) is 6.54 Å². The van der Waals surface area contributed by atoms with Gasteiger partial charge < -0.3 is 11.1 Å². The monoisotopic (exact) mass is 200 g/mol. The highest BCUT2D eigenvalue weighted by atomic mass is 16.1. The van der Waals surface area contributed by atoms with Gasteiger partial charge in [0.05, 0.1) is 0 Å². The number of nitrogens with one attached hydrogen (secondary N) is 1. The lowest BCUT2D eigenvalue weighted by molar-refractivity contribution is -0.122.